The van der Waals surface area contributed by atoms with E-state index in [-0.39, 0.29) is 32.8 Å². The van der Waals surface area contributed by atoms with Crippen LogP contribution in [0.25, 0.3) is 11.1 Å². The monoisotopic (exact) mass is 570 g/mol. The zero-order valence-electron chi connectivity index (χ0n) is 20.0. The SMILES string of the molecule is CC.Fc1cccnc1CNc1nccc2oc(CCNCCc3ncc(CC4CC4)[n-]3)nc12.[Pd]. The van der Waals surface area contributed by atoms with Gasteiger partial charge in [0, 0.05) is 51.8 Å². The fourth-order valence-corrected chi connectivity index (χ4v) is 3.58. The number of rotatable bonds is 11. The van der Waals surface area contributed by atoms with Crippen molar-refractivity contribution >= 4 is 16.9 Å². The molecule has 10 heteroatoms. The van der Waals surface area contributed by atoms with E-state index in [9.17, 15) is 4.39 Å². The summed E-state index contributed by atoms with van der Waals surface area (Å²) in [6.07, 6.45) is 10.3. The molecule has 4 heterocycles. The molecule has 1 aliphatic rings. The third-order valence-corrected chi connectivity index (χ3v) is 5.48. The Bertz CT molecular complexity index is 1190. The molecule has 0 atom stereocenters. The van der Waals surface area contributed by atoms with Crippen molar-refractivity contribution in [1.29, 1.82) is 0 Å². The summed E-state index contributed by atoms with van der Waals surface area (Å²) in [6.45, 7) is 5.75. The predicted molar refractivity (Wildman–Crippen MR) is 129 cm³/mol. The number of halogens is 1. The molecule has 1 saturated carbocycles. The second kappa shape index (κ2) is 13.4. The summed E-state index contributed by atoms with van der Waals surface area (Å²) in [6, 6.07) is 4.73. The number of nitrogens with one attached hydrogen (secondary N) is 2. The van der Waals surface area contributed by atoms with Gasteiger partial charge in [-0.1, -0.05) is 31.6 Å². The van der Waals surface area contributed by atoms with E-state index in [1.54, 1.807) is 24.5 Å². The molecule has 0 aromatic carbocycles. The van der Waals surface area contributed by atoms with Gasteiger partial charge in [0.05, 0.1) is 12.2 Å². The van der Waals surface area contributed by atoms with E-state index in [0.717, 1.165) is 43.4 Å². The summed E-state index contributed by atoms with van der Waals surface area (Å²) in [5, 5.41) is 6.50. The molecular weight excluding hydrogens is 540 g/mol. The first-order valence-electron chi connectivity index (χ1n) is 12.0. The molecule has 35 heavy (non-hydrogen) atoms. The minimum atomic E-state index is -0.356. The first-order chi connectivity index (χ1) is 16.7. The van der Waals surface area contributed by atoms with Gasteiger partial charge in [-0.3, -0.25) is 4.98 Å². The fraction of sp³-hybridized carbons (Fsp3) is 0.440. The number of hydrogen-bond donors (Lipinski definition) is 2. The Morgan fingerprint density at radius 3 is 2.71 bits per heavy atom. The molecule has 2 N–H and O–H groups in total. The van der Waals surface area contributed by atoms with Crippen LogP contribution < -0.4 is 15.6 Å². The van der Waals surface area contributed by atoms with E-state index in [4.69, 9.17) is 4.42 Å². The maximum absolute atomic E-state index is 13.8. The molecule has 0 bridgehead atoms. The van der Waals surface area contributed by atoms with Crippen LogP contribution >= 0.6 is 0 Å². The third-order valence-electron chi connectivity index (χ3n) is 5.48. The van der Waals surface area contributed by atoms with Gasteiger partial charge in [-0.25, -0.2) is 14.4 Å². The van der Waals surface area contributed by atoms with Crippen LogP contribution in [0.4, 0.5) is 10.2 Å². The van der Waals surface area contributed by atoms with Crippen molar-refractivity contribution in [3.63, 3.8) is 0 Å². The first kappa shape index (κ1) is 26.9. The van der Waals surface area contributed by atoms with E-state index in [0.29, 0.717) is 34.9 Å². The predicted octanol–water partition coefficient (Wildman–Crippen LogP) is 4.07. The van der Waals surface area contributed by atoms with Gasteiger partial charge in [-0.2, -0.15) is 0 Å². The number of hydrogen-bond acceptors (Lipinski definition) is 7. The van der Waals surface area contributed by atoms with Gasteiger partial charge in [0.2, 0.25) is 0 Å². The minimum absolute atomic E-state index is 0. The van der Waals surface area contributed by atoms with Gasteiger partial charge in [-0.05, 0) is 50.3 Å². The van der Waals surface area contributed by atoms with Crippen LogP contribution in [-0.2, 0) is 46.2 Å². The molecule has 8 nitrogen and oxygen atoms in total. The van der Waals surface area contributed by atoms with Crippen molar-refractivity contribution in [2.24, 2.45) is 5.92 Å². The van der Waals surface area contributed by atoms with Gasteiger partial charge in [-0.15, -0.1) is 0 Å². The van der Waals surface area contributed by atoms with E-state index >= 15 is 0 Å². The van der Waals surface area contributed by atoms with Gasteiger partial charge in [0.25, 0.3) is 0 Å². The summed E-state index contributed by atoms with van der Waals surface area (Å²) in [7, 11) is 0. The average molecular weight is 571 g/mol. The molecule has 4 aromatic rings. The fourth-order valence-electron chi connectivity index (χ4n) is 3.58. The summed E-state index contributed by atoms with van der Waals surface area (Å²) >= 11 is 0. The van der Waals surface area contributed by atoms with Crippen LogP contribution in [0.1, 0.15) is 49.8 Å². The topological polar surface area (TPSA) is 103 Å². The second-order valence-electron chi connectivity index (χ2n) is 8.07. The van der Waals surface area contributed by atoms with Gasteiger partial charge in [0.15, 0.2) is 22.8 Å². The zero-order chi connectivity index (χ0) is 23.8. The van der Waals surface area contributed by atoms with E-state index in [1.807, 2.05) is 20.0 Å². The molecule has 1 aliphatic carbocycles. The number of imidazole rings is 1. The van der Waals surface area contributed by atoms with Crippen molar-refractivity contribution in [3.8, 4) is 0 Å². The largest absolute Gasteiger partial charge is 0.446 e. The van der Waals surface area contributed by atoms with Gasteiger partial charge in [0.1, 0.15) is 5.82 Å². The molecule has 0 unspecified atom stereocenters. The Morgan fingerprint density at radius 2 is 1.91 bits per heavy atom. The second-order valence-corrected chi connectivity index (χ2v) is 8.07. The number of aromatic nitrogens is 5. The zero-order valence-corrected chi connectivity index (χ0v) is 21.6. The molecular formula is C25H31FN7OPd-. The number of nitrogens with zero attached hydrogens (tertiary/aromatic N) is 5. The summed E-state index contributed by atoms with van der Waals surface area (Å²) < 4.78 is 19.7. The molecule has 5 rings (SSSR count). The summed E-state index contributed by atoms with van der Waals surface area (Å²) in [5.41, 5.74) is 2.73. The molecule has 0 radical (unpaired) electrons. The van der Waals surface area contributed by atoms with Crippen molar-refractivity contribution < 1.29 is 29.2 Å². The minimum Gasteiger partial charge on any atom is -0.446 e. The maximum atomic E-state index is 13.8. The normalized spacial score (nSPS) is 12.7. The van der Waals surface area contributed by atoms with Crippen LogP contribution in [0.2, 0.25) is 0 Å². The van der Waals surface area contributed by atoms with Crippen LogP contribution in [0.15, 0.2) is 41.2 Å². The number of fused-ring (bicyclic) bond motifs is 1. The summed E-state index contributed by atoms with van der Waals surface area (Å²) in [5.74, 6) is 2.55. The molecule has 4 aromatic heterocycles. The first-order valence-corrected chi connectivity index (χ1v) is 12.0. The number of anilines is 1. The smallest absolute Gasteiger partial charge is 0.196 e. The maximum Gasteiger partial charge on any atom is 0.196 e. The van der Waals surface area contributed by atoms with Crippen LogP contribution in [-0.4, -0.2) is 33.0 Å². The summed E-state index contributed by atoms with van der Waals surface area (Å²) in [4.78, 5) is 22.0. The molecule has 0 saturated heterocycles. The van der Waals surface area contributed by atoms with Crippen LogP contribution in [0.5, 0.6) is 0 Å². The van der Waals surface area contributed by atoms with E-state index < -0.39 is 0 Å². The quantitative estimate of drug-likeness (QED) is 0.205. The van der Waals surface area contributed by atoms with Crippen LogP contribution in [0, 0.1) is 11.7 Å². The Hall–Kier alpha value is -2.67. The van der Waals surface area contributed by atoms with Crippen molar-refractivity contribution in [2.75, 3.05) is 18.4 Å². The Kier molecular flexibility index (Phi) is 10.3. The molecule has 0 amide bonds. The van der Waals surface area contributed by atoms with Gasteiger partial charge >= 0.3 is 0 Å². The molecule has 0 spiro atoms. The van der Waals surface area contributed by atoms with Crippen LogP contribution in [0.3, 0.4) is 0 Å². The van der Waals surface area contributed by atoms with E-state index in [2.05, 4.69) is 35.6 Å². The Morgan fingerprint density at radius 1 is 1.09 bits per heavy atom. The van der Waals surface area contributed by atoms with Crippen molar-refractivity contribution in [3.05, 3.63) is 65.7 Å². The molecule has 190 valence electrons. The van der Waals surface area contributed by atoms with Crippen molar-refractivity contribution in [1.82, 2.24) is 30.2 Å². The third kappa shape index (κ3) is 7.66. The Balaban J connectivity index is 0.00000111. The Labute approximate surface area is 218 Å². The molecule has 0 aliphatic heterocycles. The standard InChI is InChI=1S/C23H25FN7O.C2H6.Pd/c24-17-2-1-8-26-18(17)14-29-23-22-19(5-11-27-23)32-21(31-22)7-10-25-9-6-20-28-13-16(30-20)12-15-3-4-15;1-2;/h1-2,5,8,11,13,15,25H,3-4,6-7,9-10,12,14H2,(H-,27,28,29,30);1-2H3;/q-1;;. The van der Waals surface area contributed by atoms with E-state index in [1.165, 1.54) is 18.9 Å². The number of oxazole rings is 1. The average Bonchev–Trinajstić information content (AvgIpc) is 3.39. The number of pyridine rings is 2. The van der Waals surface area contributed by atoms with Crippen molar-refractivity contribution in [2.45, 2.75) is 52.5 Å². The molecule has 1 fully saturated rings. The van der Waals surface area contributed by atoms with Gasteiger partial charge < -0.3 is 25.0 Å².